The Balaban J connectivity index is 2.29. The number of non-ortho nitro benzene ring substituents is 1. The molecular formula is C19H20N2O4. The molecule has 0 unspecified atom stereocenters. The number of hydrogen-bond donors (Lipinski definition) is 0. The summed E-state index contributed by atoms with van der Waals surface area (Å²) >= 11 is 0. The Hall–Kier alpha value is -2.89. The van der Waals surface area contributed by atoms with E-state index in [1.54, 1.807) is 23.6 Å². The summed E-state index contributed by atoms with van der Waals surface area (Å²) in [5.41, 5.74) is 2.51. The van der Waals surface area contributed by atoms with Gasteiger partial charge in [0.25, 0.3) is 11.2 Å². The fourth-order valence-corrected chi connectivity index (χ4v) is 3.16. The predicted molar refractivity (Wildman–Crippen MR) is 96.9 cm³/mol. The lowest BCUT2D eigenvalue weighted by Crippen LogP contribution is -2.22. The van der Waals surface area contributed by atoms with Gasteiger partial charge in [-0.2, -0.15) is 0 Å². The first-order chi connectivity index (χ1) is 11.9. The highest BCUT2D eigenvalue weighted by Gasteiger charge is 2.20. The first-order valence-electron chi connectivity index (χ1n) is 8.32. The van der Waals surface area contributed by atoms with E-state index in [2.05, 4.69) is 6.92 Å². The number of nitro benzene ring substituents is 1. The first kappa shape index (κ1) is 17.0. The Morgan fingerprint density at radius 2 is 2.00 bits per heavy atom. The molecule has 0 amide bonds. The lowest BCUT2D eigenvalue weighted by Gasteiger charge is -2.09. The summed E-state index contributed by atoms with van der Waals surface area (Å²) in [6.45, 7) is 6.39. The maximum atomic E-state index is 13.1. The first-order valence-corrected chi connectivity index (χ1v) is 8.32. The number of nitrogens with zero attached hydrogens (tertiary/aromatic N) is 2. The minimum Gasteiger partial charge on any atom is -0.460 e. The van der Waals surface area contributed by atoms with E-state index in [1.807, 2.05) is 13.0 Å². The van der Waals surface area contributed by atoms with Crippen LogP contribution in [0.4, 0.5) is 5.69 Å². The number of aromatic nitrogens is 1. The van der Waals surface area contributed by atoms with Gasteiger partial charge in [-0.25, -0.2) is 0 Å². The topological polar surface area (TPSA) is 78.3 Å². The fourth-order valence-electron chi connectivity index (χ4n) is 3.16. The second kappa shape index (κ2) is 6.55. The molecule has 6 nitrogen and oxygen atoms in total. The van der Waals surface area contributed by atoms with Gasteiger partial charge in [0.2, 0.25) is 0 Å². The Morgan fingerprint density at radius 1 is 1.24 bits per heavy atom. The van der Waals surface area contributed by atoms with E-state index in [-0.39, 0.29) is 11.2 Å². The van der Waals surface area contributed by atoms with Crippen LogP contribution in [0.2, 0.25) is 0 Å². The van der Waals surface area contributed by atoms with E-state index < -0.39 is 4.92 Å². The highest BCUT2D eigenvalue weighted by molar-refractivity contribution is 5.95. The third-order valence-corrected chi connectivity index (χ3v) is 4.42. The van der Waals surface area contributed by atoms with Crippen LogP contribution < -0.4 is 5.56 Å². The lowest BCUT2D eigenvalue weighted by atomic mass is 10.0. The predicted octanol–water partition coefficient (Wildman–Crippen LogP) is 4.59. The molecule has 25 heavy (non-hydrogen) atoms. The SMILES string of the molecule is CCCCn1c(C)cc2oc(C)c(-c3cccc([N+](=O)[O-])c3)c2c1=O. The average Bonchev–Trinajstić information content (AvgIpc) is 2.90. The van der Waals surface area contributed by atoms with E-state index in [9.17, 15) is 14.9 Å². The second-order valence-electron chi connectivity index (χ2n) is 6.18. The molecule has 0 radical (unpaired) electrons. The molecule has 3 rings (SSSR count). The van der Waals surface area contributed by atoms with Gasteiger partial charge in [0.05, 0.1) is 10.3 Å². The molecule has 2 heterocycles. The number of unbranched alkanes of at least 4 members (excludes halogenated alkanes) is 1. The zero-order chi connectivity index (χ0) is 18.1. The third kappa shape index (κ3) is 2.95. The van der Waals surface area contributed by atoms with Crippen molar-refractivity contribution in [2.45, 2.75) is 40.2 Å². The van der Waals surface area contributed by atoms with Crippen molar-refractivity contribution >= 4 is 16.7 Å². The van der Waals surface area contributed by atoms with Gasteiger partial charge in [0, 0.05) is 36.0 Å². The molecule has 0 N–H and O–H groups in total. The number of nitro groups is 1. The number of fused-ring (bicyclic) bond motifs is 1. The van der Waals surface area contributed by atoms with E-state index in [4.69, 9.17) is 4.42 Å². The average molecular weight is 340 g/mol. The number of furan rings is 1. The van der Waals surface area contributed by atoms with Crippen LogP contribution in [0.25, 0.3) is 22.1 Å². The van der Waals surface area contributed by atoms with Crippen molar-refractivity contribution in [2.75, 3.05) is 0 Å². The highest BCUT2D eigenvalue weighted by Crippen LogP contribution is 2.34. The maximum absolute atomic E-state index is 13.1. The molecule has 2 aromatic heterocycles. The summed E-state index contributed by atoms with van der Waals surface area (Å²) in [4.78, 5) is 23.7. The molecule has 0 saturated heterocycles. The zero-order valence-electron chi connectivity index (χ0n) is 14.5. The van der Waals surface area contributed by atoms with Crippen LogP contribution in [-0.2, 0) is 6.54 Å². The summed E-state index contributed by atoms with van der Waals surface area (Å²) in [6, 6.07) is 8.16. The number of aryl methyl sites for hydroxylation is 2. The van der Waals surface area contributed by atoms with Crippen LogP contribution >= 0.6 is 0 Å². The molecule has 0 aliphatic rings. The molecule has 0 saturated carbocycles. The number of pyridine rings is 1. The Morgan fingerprint density at radius 3 is 2.68 bits per heavy atom. The third-order valence-electron chi connectivity index (χ3n) is 4.42. The van der Waals surface area contributed by atoms with Gasteiger partial charge in [-0.1, -0.05) is 25.5 Å². The van der Waals surface area contributed by atoms with E-state index >= 15 is 0 Å². The quantitative estimate of drug-likeness (QED) is 0.503. The van der Waals surface area contributed by atoms with Crippen LogP contribution in [-0.4, -0.2) is 9.49 Å². The molecular weight excluding hydrogens is 320 g/mol. The summed E-state index contributed by atoms with van der Waals surface area (Å²) in [6.07, 6.45) is 1.90. The normalized spacial score (nSPS) is 11.2. The maximum Gasteiger partial charge on any atom is 0.270 e. The Bertz CT molecular complexity index is 1010. The van der Waals surface area contributed by atoms with Gasteiger partial charge >= 0.3 is 0 Å². The van der Waals surface area contributed by atoms with Gasteiger partial charge in [-0.3, -0.25) is 14.9 Å². The van der Waals surface area contributed by atoms with E-state index in [1.165, 1.54) is 12.1 Å². The molecule has 0 fully saturated rings. The van der Waals surface area contributed by atoms with Gasteiger partial charge in [0.1, 0.15) is 11.3 Å². The van der Waals surface area contributed by atoms with Crippen LogP contribution in [0, 0.1) is 24.0 Å². The molecule has 0 spiro atoms. The minimum atomic E-state index is -0.440. The van der Waals surface area contributed by atoms with Crippen LogP contribution in [0.1, 0.15) is 31.2 Å². The molecule has 3 aromatic rings. The zero-order valence-corrected chi connectivity index (χ0v) is 14.5. The number of hydrogen-bond acceptors (Lipinski definition) is 4. The summed E-state index contributed by atoms with van der Waals surface area (Å²) < 4.78 is 7.54. The molecule has 0 aliphatic carbocycles. The standard InChI is InChI=1S/C19H20N2O4/c1-4-5-9-20-12(2)10-16-18(19(20)22)17(13(3)25-16)14-7-6-8-15(11-14)21(23)24/h6-8,10-11H,4-5,9H2,1-3H3. The number of benzene rings is 1. The van der Waals surface area contributed by atoms with Gasteiger partial charge in [-0.15, -0.1) is 0 Å². The largest absolute Gasteiger partial charge is 0.460 e. The summed E-state index contributed by atoms with van der Waals surface area (Å²) in [7, 11) is 0. The highest BCUT2D eigenvalue weighted by atomic mass is 16.6. The fraction of sp³-hybridized carbons (Fsp3) is 0.316. The van der Waals surface area contributed by atoms with Gasteiger partial charge < -0.3 is 8.98 Å². The monoisotopic (exact) mass is 340 g/mol. The van der Waals surface area contributed by atoms with E-state index in [0.29, 0.717) is 34.4 Å². The Labute approximate surface area is 144 Å². The molecule has 0 aliphatic heterocycles. The van der Waals surface area contributed by atoms with Crippen molar-refractivity contribution in [1.82, 2.24) is 4.57 Å². The van der Waals surface area contributed by atoms with Gasteiger partial charge in [0.15, 0.2) is 0 Å². The molecule has 130 valence electrons. The van der Waals surface area contributed by atoms with Crippen molar-refractivity contribution in [2.24, 2.45) is 0 Å². The van der Waals surface area contributed by atoms with Crippen LogP contribution in [0.15, 0.2) is 39.5 Å². The van der Waals surface area contributed by atoms with Crippen molar-refractivity contribution in [3.05, 3.63) is 62.3 Å². The molecule has 1 aromatic carbocycles. The van der Waals surface area contributed by atoms with Crippen LogP contribution in [0.5, 0.6) is 0 Å². The minimum absolute atomic E-state index is 0.00956. The van der Waals surface area contributed by atoms with Crippen molar-refractivity contribution in [3.8, 4) is 11.1 Å². The lowest BCUT2D eigenvalue weighted by molar-refractivity contribution is -0.384. The molecule has 0 bridgehead atoms. The van der Waals surface area contributed by atoms with E-state index in [0.717, 1.165) is 18.5 Å². The summed E-state index contributed by atoms with van der Waals surface area (Å²) in [5, 5.41) is 11.6. The Kier molecular flexibility index (Phi) is 4.44. The number of rotatable bonds is 5. The molecule has 6 heteroatoms. The summed E-state index contributed by atoms with van der Waals surface area (Å²) in [5.74, 6) is 0.584. The van der Waals surface area contributed by atoms with Gasteiger partial charge in [-0.05, 0) is 25.8 Å². The van der Waals surface area contributed by atoms with Crippen molar-refractivity contribution < 1.29 is 9.34 Å². The smallest absolute Gasteiger partial charge is 0.270 e. The van der Waals surface area contributed by atoms with Crippen LogP contribution in [0.3, 0.4) is 0 Å². The van der Waals surface area contributed by atoms with Crippen molar-refractivity contribution in [1.29, 1.82) is 0 Å². The van der Waals surface area contributed by atoms with Crippen molar-refractivity contribution in [3.63, 3.8) is 0 Å². The second-order valence-corrected chi connectivity index (χ2v) is 6.18. The molecule has 0 atom stereocenters.